The number of aromatic nitrogens is 1. The van der Waals surface area contributed by atoms with Gasteiger partial charge < -0.3 is 14.8 Å². The number of carbonyl (C=O) groups is 2. The Morgan fingerprint density at radius 1 is 1.07 bits per heavy atom. The van der Waals surface area contributed by atoms with E-state index < -0.39 is 18.5 Å². The van der Waals surface area contributed by atoms with Crippen LogP contribution in [0, 0.1) is 13.8 Å². The molecule has 1 heterocycles. The molecule has 0 aliphatic rings. The summed E-state index contributed by atoms with van der Waals surface area (Å²) in [5.41, 5.74) is 3.30. The molecule has 27 heavy (non-hydrogen) atoms. The second-order valence-electron chi connectivity index (χ2n) is 6.16. The van der Waals surface area contributed by atoms with E-state index in [4.69, 9.17) is 9.47 Å². The third-order valence-corrected chi connectivity index (χ3v) is 4.03. The number of para-hydroxylation sites is 1. The first-order valence-electron chi connectivity index (χ1n) is 8.46. The minimum absolute atomic E-state index is 0.388. The molecule has 6 nitrogen and oxygen atoms in total. The van der Waals surface area contributed by atoms with Crippen LogP contribution in [-0.2, 0) is 9.53 Å². The van der Waals surface area contributed by atoms with Gasteiger partial charge in [0.25, 0.3) is 5.91 Å². The number of fused-ring (bicyclic) bond motifs is 1. The maximum atomic E-state index is 12.5. The van der Waals surface area contributed by atoms with Crippen LogP contribution >= 0.6 is 0 Å². The molecule has 0 fully saturated rings. The molecule has 1 aromatic heterocycles. The van der Waals surface area contributed by atoms with Gasteiger partial charge in [0.15, 0.2) is 6.61 Å². The van der Waals surface area contributed by atoms with Crippen molar-refractivity contribution in [3.8, 4) is 5.75 Å². The normalized spacial score (nSPS) is 10.5. The molecule has 0 spiro atoms. The molecule has 0 radical (unpaired) electrons. The molecule has 138 valence electrons. The van der Waals surface area contributed by atoms with Gasteiger partial charge in [-0.05, 0) is 43.7 Å². The largest absolute Gasteiger partial charge is 0.495 e. The van der Waals surface area contributed by atoms with Crippen molar-refractivity contribution in [3.63, 3.8) is 0 Å². The van der Waals surface area contributed by atoms with E-state index in [-0.39, 0.29) is 0 Å². The molecule has 1 N–H and O–H groups in total. The molecule has 0 aliphatic heterocycles. The van der Waals surface area contributed by atoms with Gasteiger partial charge in [0.05, 0.1) is 23.9 Å². The smallest absolute Gasteiger partial charge is 0.339 e. The highest BCUT2D eigenvalue weighted by Gasteiger charge is 2.15. The van der Waals surface area contributed by atoms with E-state index in [1.54, 1.807) is 31.2 Å². The number of amides is 1. The van der Waals surface area contributed by atoms with Gasteiger partial charge >= 0.3 is 5.97 Å². The summed E-state index contributed by atoms with van der Waals surface area (Å²) in [4.78, 5) is 29.1. The van der Waals surface area contributed by atoms with E-state index in [0.29, 0.717) is 33.6 Å². The average Bonchev–Trinajstić information content (AvgIpc) is 2.65. The minimum Gasteiger partial charge on any atom is -0.495 e. The van der Waals surface area contributed by atoms with Gasteiger partial charge in [0.2, 0.25) is 0 Å². The Labute approximate surface area is 157 Å². The molecule has 2 aromatic carbocycles. The van der Waals surface area contributed by atoms with Crippen molar-refractivity contribution in [2.45, 2.75) is 13.8 Å². The third-order valence-electron chi connectivity index (χ3n) is 4.03. The van der Waals surface area contributed by atoms with Crippen molar-refractivity contribution in [1.29, 1.82) is 0 Å². The molecule has 0 bridgehead atoms. The highest BCUT2D eigenvalue weighted by atomic mass is 16.5. The van der Waals surface area contributed by atoms with Crippen LogP contribution < -0.4 is 10.1 Å². The molecule has 0 atom stereocenters. The Hall–Kier alpha value is -3.41. The number of hydrogen-bond donors (Lipinski definition) is 1. The Morgan fingerprint density at radius 2 is 1.85 bits per heavy atom. The van der Waals surface area contributed by atoms with Crippen LogP contribution in [0.25, 0.3) is 10.9 Å². The molecule has 1 amide bonds. The number of benzene rings is 2. The van der Waals surface area contributed by atoms with E-state index in [0.717, 1.165) is 5.56 Å². The summed E-state index contributed by atoms with van der Waals surface area (Å²) >= 11 is 0. The maximum Gasteiger partial charge on any atom is 0.339 e. The lowest BCUT2D eigenvalue weighted by Gasteiger charge is -2.12. The van der Waals surface area contributed by atoms with Gasteiger partial charge in [0.1, 0.15) is 5.75 Å². The fourth-order valence-corrected chi connectivity index (χ4v) is 2.79. The Morgan fingerprint density at radius 3 is 2.63 bits per heavy atom. The molecule has 0 saturated carbocycles. The lowest BCUT2D eigenvalue weighted by molar-refractivity contribution is -0.119. The number of anilines is 1. The van der Waals surface area contributed by atoms with Crippen LogP contribution in [0.4, 0.5) is 5.69 Å². The van der Waals surface area contributed by atoms with E-state index in [2.05, 4.69) is 10.3 Å². The zero-order valence-corrected chi connectivity index (χ0v) is 15.4. The third kappa shape index (κ3) is 4.23. The van der Waals surface area contributed by atoms with Crippen LogP contribution in [-0.4, -0.2) is 30.6 Å². The number of pyridine rings is 1. The molecular weight excluding hydrogens is 344 g/mol. The summed E-state index contributed by atoms with van der Waals surface area (Å²) < 4.78 is 10.4. The number of rotatable bonds is 5. The SMILES string of the molecule is COc1ccc(C)cc1NC(=O)COC(=O)c1cc(C)nc2ccccc12. The zero-order valence-electron chi connectivity index (χ0n) is 15.4. The molecule has 0 aliphatic carbocycles. The quantitative estimate of drug-likeness (QED) is 0.699. The standard InChI is InChI=1S/C21H20N2O4/c1-13-8-9-19(26-3)18(10-13)23-20(24)12-27-21(25)16-11-14(2)22-17-7-5-4-6-15(16)17/h4-11H,12H2,1-3H3,(H,23,24). The average molecular weight is 364 g/mol. The number of aryl methyl sites for hydroxylation is 2. The number of hydrogen-bond acceptors (Lipinski definition) is 5. The number of methoxy groups -OCH3 is 1. The highest BCUT2D eigenvalue weighted by Crippen LogP contribution is 2.25. The monoisotopic (exact) mass is 364 g/mol. The second-order valence-corrected chi connectivity index (χ2v) is 6.16. The van der Waals surface area contributed by atoms with Crippen LogP contribution in [0.15, 0.2) is 48.5 Å². The first-order valence-corrected chi connectivity index (χ1v) is 8.46. The summed E-state index contributed by atoms with van der Waals surface area (Å²) in [6.45, 7) is 3.32. The van der Waals surface area contributed by atoms with Crippen molar-refractivity contribution in [2.75, 3.05) is 19.0 Å². The molecule has 3 rings (SSSR count). The van der Waals surface area contributed by atoms with E-state index >= 15 is 0 Å². The number of ether oxygens (including phenoxy) is 2. The van der Waals surface area contributed by atoms with Gasteiger partial charge in [-0.25, -0.2) is 4.79 Å². The Bertz CT molecular complexity index is 1010. The summed E-state index contributed by atoms with van der Waals surface area (Å²) in [7, 11) is 1.53. The van der Waals surface area contributed by atoms with Gasteiger partial charge in [-0.3, -0.25) is 9.78 Å². The van der Waals surface area contributed by atoms with Crippen LogP contribution in [0.5, 0.6) is 5.75 Å². The predicted octanol–water partition coefficient (Wildman–Crippen LogP) is 3.66. The molecule has 0 unspecified atom stereocenters. The number of carbonyl (C=O) groups excluding carboxylic acids is 2. The highest BCUT2D eigenvalue weighted by molar-refractivity contribution is 6.04. The molecular formula is C21H20N2O4. The summed E-state index contributed by atoms with van der Waals surface area (Å²) in [6, 6.07) is 14.4. The van der Waals surface area contributed by atoms with Crippen molar-refractivity contribution in [2.24, 2.45) is 0 Å². The minimum atomic E-state index is -0.567. The van der Waals surface area contributed by atoms with Crippen molar-refractivity contribution in [3.05, 3.63) is 65.4 Å². The molecule has 6 heteroatoms. The van der Waals surface area contributed by atoms with Crippen LogP contribution in [0.3, 0.4) is 0 Å². The molecule has 0 saturated heterocycles. The first kappa shape index (κ1) is 18.4. The molecule has 3 aromatic rings. The van der Waals surface area contributed by atoms with E-state index in [1.807, 2.05) is 31.2 Å². The first-order chi connectivity index (χ1) is 13.0. The summed E-state index contributed by atoms with van der Waals surface area (Å²) in [6.07, 6.45) is 0. The van der Waals surface area contributed by atoms with Gasteiger partial charge in [-0.1, -0.05) is 24.3 Å². The van der Waals surface area contributed by atoms with E-state index in [1.165, 1.54) is 7.11 Å². The van der Waals surface area contributed by atoms with Crippen molar-refractivity contribution >= 4 is 28.5 Å². The lowest BCUT2D eigenvalue weighted by Crippen LogP contribution is -2.21. The van der Waals surface area contributed by atoms with Crippen molar-refractivity contribution in [1.82, 2.24) is 4.98 Å². The van der Waals surface area contributed by atoms with Gasteiger partial charge in [0, 0.05) is 11.1 Å². The Kier molecular flexibility index (Phi) is 5.35. The summed E-state index contributed by atoms with van der Waals surface area (Å²) in [5, 5.41) is 3.39. The lowest BCUT2D eigenvalue weighted by atomic mass is 10.1. The van der Waals surface area contributed by atoms with Crippen molar-refractivity contribution < 1.29 is 19.1 Å². The van der Waals surface area contributed by atoms with Crippen LogP contribution in [0.1, 0.15) is 21.6 Å². The fraction of sp³-hybridized carbons (Fsp3) is 0.190. The predicted molar refractivity (Wildman–Crippen MR) is 103 cm³/mol. The van der Waals surface area contributed by atoms with Gasteiger partial charge in [-0.15, -0.1) is 0 Å². The second kappa shape index (κ2) is 7.86. The number of nitrogens with zero attached hydrogens (tertiary/aromatic N) is 1. The van der Waals surface area contributed by atoms with Gasteiger partial charge in [-0.2, -0.15) is 0 Å². The topological polar surface area (TPSA) is 77.5 Å². The fourth-order valence-electron chi connectivity index (χ4n) is 2.79. The zero-order chi connectivity index (χ0) is 19.4. The number of esters is 1. The Balaban J connectivity index is 1.71. The number of nitrogens with one attached hydrogen (secondary N) is 1. The van der Waals surface area contributed by atoms with Crippen LogP contribution in [0.2, 0.25) is 0 Å². The summed E-state index contributed by atoms with van der Waals surface area (Å²) in [5.74, 6) is -0.471. The maximum absolute atomic E-state index is 12.5. The van der Waals surface area contributed by atoms with E-state index in [9.17, 15) is 9.59 Å².